The third kappa shape index (κ3) is 3.65. The van der Waals surface area contributed by atoms with E-state index in [0.29, 0.717) is 47.8 Å². The first-order valence-corrected chi connectivity index (χ1v) is 10.8. The molecule has 0 aliphatic carbocycles. The first kappa shape index (κ1) is 19.6. The zero-order valence-electron chi connectivity index (χ0n) is 16.4. The van der Waals surface area contributed by atoms with Gasteiger partial charge in [-0.15, -0.1) is 0 Å². The maximum absolute atomic E-state index is 13.3. The minimum Gasteiger partial charge on any atom is -0.467 e. The zero-order chi connectivity index (χ0) is 21.5. The summed E-state index contributed by atoms with van der Waals surface area (Å²) in [6.07, 6.45) is 1.12. The van der Waals surface area contributed by atoms with Gasteiger partial charge < -0.3 is 9.64 Å². The molecule has 1 fully saturated rings. The van der Waals surface area contributed by atoms with Crippen LogP contribution in [-0.2, 0) is 4.79 Å². The molecule has 1 aromatic heterocycles. The first-order valence-electron chi connectivity index (χ1n) is 9.95. The lowest BCUT2D eigenvalue weighted by Gasteiger charge is -2.32. The van der Waals surface area contributed by atoms with E-state index in [1.807, 2.05) is 0 Å². The molecule has 7 nitrogen and oxygen atoms in total. The molecular weight excluding hydrogens is 421 g/mol. The fourth-order valence-corrected chi connectivity index (χ4v) is 4.82. The van der Waals surface area contributed by atoms with Crippen molar-refractivity contribution in [3.05, 3.63) is 59.4 Å². The van der Waals surface area contributed by atoms with Crippen molar-refractivity contribution in [2.24, 2.45) is 0 Å². The van der Waals surface area contributed by atoms with Crippen LogP contribution in [0.15, 0.2) is 42.5 Å². The van der Waals surface area contributed by atoms with E-state index in [4.69, 9.17) is 4.74 Å². The van der Waals surface area contributed by atoms with Crippen molar-refractivity contribution in [3.8, 4) is 5.19 Å². The molecular formula is C22H18FN3O4S. The highest BCUT2D eigenvalue weighted by atomic mass is 32.1. The number of nitrogens with zero attached hydrogens (tertiary/aromatic N) is 3. The SMILES string of the molecule is O=C(CN1C(=O)c2ccccc2C1=O)N1CCC(Oc2nc3ccc(F)cc3s2)CC1. The van der Waals surface area contributed by atoms with Crippen molar-refractivity contribution in [2.45, 2.75) is 18.9 Å². The van der Waals surface area contributed by atoms with E-state index in [1.165, 1.54) is 23.5 Å². The minimum atomic E-state index is -0.431. The number of amides is 3. The Labute approximate surface area is 181 Å². The highest BCUT2D eigenvalue weighted by molar-refractivity contribution is 7.20. The van der Waals surface area contributed by atoms with E-state index < -0.39 is 11.8 Å². The molecule has 0 bridgehead atoms. The van der Waals surface area contributed by atoms with Gasteiger partial charge in [-0.2, -0.15) is 0 Å². The van der Waals surface area contributed by atoms with Crippen molar-refractivity contribution >= 4 is 39.3 Å². The molecule has 2 aliphatic heterocycles. The largest absolute Gasteiger partial charge is 0.467 e. The van der Waals surface area contributed by atoms with Crippen LogP contribution in [0.2, 0.25) is 0 Å². The lowest BCUT2D eigenvalue weighted by atomic mass is 10.1. The topological polar surface area (TPSA) is 79.8 Å². The molecule has 0 radical (unpaired) electrons. The van der Waals surface area contributed by atoms with E-state index in [0.717, 1.165) is 9.60 Å². The van der Waals surface area contributed by atoms with Crippen molar-refractivity contribution in [3.63, 3.8) is 0 Å². The van der Waals surface area contributed by atoms with E-state index in [1.54, 1.807) is 35.2 Å². The fourth-order valence-electron chi connectivity index (χ4n) is 3.91. The molecule has 158 valence electrons. The zero-order valence-corrected chi connectivity index (χ0v) is 17.2. The number of aromatic nitrogens is 1. The highest BCUT2D eigenvalue weighted by Crippen LogP contribution is 2.30. The number of likely N-dealkylation sites (tertiary alicyclic amines) is 1. The summed E-state index contributed by atoms with van der Waals surface area (Å²) in [7, 11) is 0. The lowest BCUT2D eigenvalue weighted by molar-refractivity contribution is -0.133. The summed E-state index contributed by atoms with van der Waals surface area (Å²) >= 11 is 1.29. The Morgan fingerprint density at radius 2 is 1.77 bits per heavy atom. The Kier molecular flexibility index (Phi) is 4.90. The number of rotatable bonds is 4. The van der Waals surface area contributed by atoms with Gasteiger partial charge in [0.1, 0.15) is 18.5 Å². The summed E-state index contributed by atoms with van der Waals surface area (Å²) in [6, 6.07) is 11.0. The number of fused-ring (bicyclic) bond motifs is 2. The summed E-state index contributed by atoms with van der Waals surface area (Å²) in [4.78, 5) is 44.7. The molecule has 31 heavy (non-hydrogen) atoms. The van der Waals surface area contributed by atoms with Crippen LogP contribution in [0, 0.1) is 5.82 Å². The van der Waals surface area contributed by atoms with Gasteiger partial charge in [-0.25, -0.2) is 9.37 Å². The second-order valence-corrected chi connectivity index (χ2v) is 8.53. The summed E-state index contributed by atoms with van der Waals surface area (Å²) in [5, 5.41) is 0.483. The number of piperidine rings is 1. The van der Waals surface area contributed by atoms with Gasteiger partial charge in [-0.1, -0.05) is 23.5 Å². The van der Waals surface area contributed by atoms with Crippen LogP contribution in [0.4, 0.5) is 4.39 Å². The summed E-state index contributed by atoms with van der Waals surface area (Å²) in [5.41, 5.74) is 1.36. The van der Waals surface area contributed by atoms with Gasteiger partial charge >= 0.3 is 0 Å². The number of carbonyl (C=O) groups excluding carboxylic acids is 3. The molecule has 0 atom stereocenters. The standard InChI is InChI=1S/C22H18FN3O4S/c23-13-5-6-17-18(11-13)31-22(24-17)30-14-7-9-25(10-8-14)19(27)12-26-20(28)15-3-1-2-4-16(15)21(26)29/h1-6,11,14H,7-10,12H2. The van der Waals surface area contributed by atoms with Gasteiger partial charge in [0, 0.05) is 25.9 Å². The monoisotopic (exact) mass is 439 g/mol. The van der Waals surface area contributed by atoms with Crippen LogP contribution in [0.25, 0.3) is 10.2 Å². The molecule has 0 unspecified atom stereocenters. The third-order valence-corrected chi connectivity index (χ3v) is 6.47. The predicted molar refractivity (Wildman–Crippen MR) is 112 cm³/mol. The average molecular weight is 439 g/mol. The van der Waals surface area contributed by atoms with Gasteiger partial charge in [-0.3, -0.25) is 19.3 Å². The number of halogens is 1. The van der Waals surface area contributed by atoms with Crippen LogP contribution in [-0.4, -0.2) is 58.2 Å². The molecule has 3 aromatic rings. The lowest BCUT2D eigenvalue weighted by Crippen LogP contribution is -2.47. The molecule has 9 heteroatoms. The molecule has 3 amide bonds. The maximum Gasteiger partial charge on any atom is 0.274 e. The predicted octanol–water partition coefficient (Wildman–Crippen LogP) is 3.10. The highest BCUT2D eigenvalue weighted by Gasteiger charge is 2.37. The van der Waals surface area contributed by atoms with Gasteiger partial charge in [0.2, 0.25) is 5.91 Å². The first-order chi connectivity index (χ1) is 15.0. The Morgan fingerprint density at radius 3 is 2.45 bits per heavy atom. The van der Waals surface area contributed by atoms with Crippen molar-refractivity contribution in [1.82, 2.24) is 14.8 Å². The Balaban J connectivity index is 1.17. The smallest absolute Gasteiger partial charge is 0.274 e. The van der Waals surface area contributed by atoms with Crippen molar-refractivity contribution < 1.29 is 23.5 Å². The van der Waals surface area contributed by atoms with Crippen LogP contribution in [0.5, 0.6) is 5.19 Å². The number of ether oxygens (including phenoxy) is 1. The third-order valence-electron chi connectivity index (χ3n) is 5.56. The Bertz CT molecular complexity index is 1170. The number of benzene rings is 2. The number of carbonyl (C=O) groups is 3. The second-order valence-electron chi connectivity index (χ2n) is 7.53. The van der Waals surface area contributed by atoms with Gasteiger partial charge in [0.25, 0.3) is 17.0 Å². The Morgan fingerprint density at radius 1 is 1.10 bits per heavy atom. The molecule has 0 N–H and O–H groups in total. The second kappa shape index (κ2) is 7.73. The molecule has 2 aliphatic rings. The van der Waals surface area contributed by atoms with Crippen LogP contribution in [0.3, 0.4) is 0 Å². The van der Waals surface area contributed by atoms with Crippen molar-refractivity contribution in [2.75, 3.05) is 19.6 Å². The normalized spacial score (nSPS) is 16.8. The molecule has 0 saturated carbocycles. The molecule has 5 rings (SSSR count). The fraction of sp³-hybridized carbons (Fsp3) is 0.273. The van der Waals surface area contributed by atoms with Gasteiger partial charge in [0.15, 0.2) is 0 Å². The van der Waals surface area contributed by atoms with E-state index in [-0.39, 0.29) is 24.4 Å². The number of hydrogen-bond acceptors (Lipinski definition) is 6. The number of imide groups is 1. The summed E-state index contributed by atoms with van der Waals surface area (Å²) < 4.78 is 20.0. The van der Waals surface area contributed by atoms with Gasteiger partial charge in [-0.05, 0) is 30.3 Å². The van der Waals surface area contributed by atoms with Crippen LogP contribution in [0.1, 0.15) is 33.6 Å². The Hall–Kier alpha value is -3.33. The van der Waals surface area contributed by atoms with E-state index >= 15 is 0 Å². The van der Waals surface area contributed by atoms with Gasteiger partial charge in [0.05, 0.1) is 21.3 Å². The molecule has 2 aromatic carbocycles. The molecule has 1 saturated heterocycles. The maximum atomic E-state index is 13.3. The number of hydrogen-bond donors (Lipinski definition) is 0. The van der Waals surface area contributed by atoms with Crippen molar-refractivity contribution in [1.29, 1.82) is 0 Å². The molecule has 0 spiro atoms. The van der Waals surface area contributed by atoms with E-state index in [9.17, 15) is 18.8 Å². The summed E-state index contributed by atoms with van der Waals surface area (Å²) in [5.74, 6) is -1.44. The number of thiazole rings is 1. The van der Waals surface area contributed by atoms with Crippen LogP contribution < -0.4 is 4.74 Å². The average Bonchev–Trinajstić information content (AvgIpc) is 3.27. The molecule has 3 heterocycles. The van der Waals surface area contributed by atoms with E-state index in [2.05, 4.69) is 4.98 Å². The summed E-state index contributed by atoms with van der Waals surface area (Å²) in [6.45, 7) is 0.666. The van der Waals surface area contributed by atoms with Crippen LogP contribution >= 0.6 is 11.3 Å². The minimum absolute atomic E-state index is 0.103. The quantitative estimate of drug-likeness (QED) is 0.584.